The molecule has 0 spiro atoms. The number of aliphatic hydroxyl groups excluding tert-OH is 1. The molecule has 0 saturated carbocycles. The molecular weight excluding hydrogens is 378 g/mol. The molecule has 0 fully saturated rings. The number of aliphatic hydroxyl groups is 1. The van der Waals surface area contributed by atoms with Crippen LogP contribution < -0.4 is 5.32 Å². The minimum Gasteiger partial charge on any atom is -0.466 e. The number of carbonyl (C=O) groups excluding carboxylic acids is 3. The molecule has 29 heavy (non-hydrogen) atoms. The first-order valence-electron chi connectivity index (χ1n) is 9.05. The van der Waals surface area contributed by atoms with Gasteiger partial charge in [-0.15, -0.1) is 0 Å². The molecule has 0 unspecified atom stereocenters. The fourth-order valence-corrected chi connectivity index (χ4v) is 3.01. The van der Waals surface area contributed by atoms with Crippen molar-refractivity contribution in [3.05, 3.63) is 47.3 Å². The SMILES string of the molecule is CCOC(=O)c1ccc2ccc(NC3=C(C(=O)OC)CN(CCO)C3=O)cc2n1. The second kappa shape index (κ2) is 8.70. The van der Waals surface area contributed by atoms with Crippen LogP contribution in [-0.2, 0) is 19.1 Å². The second-order valence-electron chi connectivity index (χ2n) is 6.24. The fourth-order valence-electron chi connectivity index (χ4n) is 3.01. The zero-order valence-electron chi connectivity index (χ0n) is 16.1. The topological polar surface area (TPSA) is 118 Å². The molecule has 2 aromatic rings. The van der Waals surface area contributed by atoms with Gasteiger partial charge in [-0.3, -0.25) is 4.79 Å². The van der Waals surface area contributed by atoms with E-state index in [2.05, 4.69) is 10.3 Å². The van der Waals surface area contributed by atoms with E-state index in [0.29, 0.717) is 11.2 Å². The van der Waals surface area contributed by atoms with Gasteiger partial charge in [-0.25, -0.2) is 14.6 Å². The molecule has 1 aromatic heterocycles. The molecule has 1 aliphatic heterocycles. The molecule has 0 aliphatic carbocycles. The van der Waals surface area contributed by atoms with Crippen LogP contribution in [0, 0.1) is 0 Å². The van der Waals surface area contributed by atoms with Crippen LogP contribution >= 0.6 is 0 Å². The predicted molar refractivity (Wildman–Crippen MR) is 104 cm³/mol. The van der Waals surface area contributed by atoms with Crippen molar-refractivity contribution in [1.29, 1.82) is 0 Å². The third-order valence-corrected chi connectivity index (χ3v) is 4.40. The van der Waals surface area contributed by atoms with Gasteiger partial charge in [0.1, 0.15) is 11.4 Å². The predicted octanol–water partition coefficient (Wildman–Crippen LogP) is 1.08. The molecule has 0 bridgehead atoms. The number of pyridine rings is 1. The van der Waals surface area contributed by atoms with Crippen LogP contribution in [-0.4, -0.2) is 66.2 Å². The van der Waals surface area contributed by atoms with Crippen LogP contribution in [0.4, 0.5) is 5.69 Å². The summed E-state index contributed by atoms with van der Waals surface area (Å²) in [7, 11) is 1.24. The third-order valence-electron chi connectivity index (χ3n) is 4.40. The zero-order valence-corrected chi connectivity index (χ0v) is 16.1. The highest BCUT2D eigenvalue weighted by Gasteiger charge is 2.34. The summed E-state index contributed by atoms with van der Waals surface area (Å²) in [5.74, 6) is -1.55. The van der Waals surface area contributed by atoms with Gasteiger partial charge in [0.25, 0.3) is 5.91 Å². The molecule has 3 rings (SSSR count). The lowest BCUT2D eigenvalue weighted by Crippen LogP contribution is -2.31. The lowest BCUT2D eigenvalue weighted by molar-refractivity contribution is -0.136. The molecular formula is C20H21N3O6. The van der Waals surface area contributed by atoms with E-state index in [1.807, 2.05) is 0 Å². The van der Waals surface area contributed by atoms with Crippen molar-refractivity contribution in [2.24, 2.45) is 0 Å². The smallest absolute Gasteiger partial charge is 0.356 e. The Morgan fingerprint density at radius 2 is 2.00 bits per heavy atom. The fraction of sp³-hybridized carbons (Fsp3) is 0.300. The number of carbonyl (C=O) groups is 3. The summed E-state index contributed by atoms with van der Waals surface area (Å²) in [5, 5.41) is 12.9. The number of ether oxygens (including phenoxy) is 2. The van der Waals surface area contributed by atoms with Crippen molar-refractivity contribution in [1.82, 2.24) is 9.88 Å². The normalized spacial score (nSPS) is 13.8. The number of methoxy groups -OCH3 is 1. The quantitative estimate of drug-likeness (QED) is 0.664. The summed E-state index contributed by atoms with van der Waals surface area (Å²) in [6.07, 6.45) is 0. The number of benzene rings is 1. The van der Waals surface area contributed by atoms with E-state index in [1.165, 1.54) is 12.0 Å². The maximum atomic E-state index is 12.6. The summed E-state index contributed by atoms with van der Waals surface area (Å²) in [6, 6.07) is 8.52. The van der Waals surface area contributed by atoms with Gasteiger partial charge < -0.3 is 24.8 Å². The largest absolute Gasteiger partial charge is 0.466 e. The Morgan fingerprint density at radius 1 is 1.24 bits per heavy atom. The Balaban J connectivity index is 1.93. The minimum absolute atomic E-state index is 0.0488. The summed E-state index contributed by atoms with van der Waals surface area (Å²) >= 11 is 0. The van der Waals surface area contributed by atoms with E-state index in [4.69, 9.17) is 14.6 Å². The van der Waals surface area contributed by atoms with Crippen molar-refractivity contribution >= 4 is 34.4 Å². The molecule has 1 aromatic carbocycles. The maximum absolute atomic E-state index is 12.6. The Bertz CT molecular complexity index is 1000. The zero-order chi connectivity index (χ0) is 21.0. The molecule has 2 heterocycles. The highest BCUT2D eigenvalue weighted by atomic mass is 16.5. The van der Waals surface area contributed by atoms with Crippen LogP contribution in [0.1, 0.15) is 17.4 Å². The number of anilines is 1. The molecule has 152 valence electrons. The van der Waals surface area contributed by atoms with E-state index in [-0.39, 0.29) is 43.3 Å². The Kier molecular flexibility index (Phi) is 6.08. The summed E-state index contributed by atoms with van der Waals surface area (Å²) in [4.78, 5) is 42.3. The Morgan fingerprint density at radius 3 is 2.69 bits per heavy atom. The third kappa shape index (κ3) is 4.19. The van der Waals surface area contributed by atoms with Crippen LogP contribution in [0.2, 0.25) is 0 Å². The number of hydrogen-bond donors (Lipinski definition) is 2. The van der Waals surface area contributed by atoms with Crippen LogP contribution in [0.15, 0.2) is 41.6 Å². The van der Waals surface area contributed by atoms with Crippen LogP contribution in [0.3, 0.4) is 0 Å². The minimum atomic E-state index is -0.621. The van der Waals surface area contributed by atoms with Gasteiger partial charge in [-0.1, -0.05) is 12.1 Å². The summed E-state index contributed by atoms with van der Waals surface area (Å²) < 4.78 is 9.74. The lowest BCUT2D eigenvalue weighted by atomic mass is 10.1. The van der Waals surface area contributed by atoms with Crippen molar-refractivity contribution in [3.8, 4) is 0 Å². The van der Waals surface area contributed by atoms with Crippen molar-refractivity contribution in [3.63, 3.8) is 0 Å². The molecule has 1 aliphatic rings. The van der Waals surface area contributed by atoms with Crippen molar-refractivity contribution in [2.45, 2.75) is 6.92 Å². The molecule has 0 radical (unpaired) electrons. The maximum Gasteiger partial charge on any atom is 0.356 e. The number of hydrogen-bond acceptors (Lipinski definition) is 8. The lowest BCUT2D eigenvalue weighted by Gasteiger charge is -2.15. The molecule has 9 nitrogen and oxygen atoms in total. The first kappa shape index (κ1) is 20.3. The number of rotatable bonds is 7. The highest BCUT2D eigenvalue weighted by Crippen LogP contribution is 2.25. The average molecular weight is 399 g/mol. The van der Waals surface area contributed by atoms with E-state index in [1.54, 1.807) is 37.3 Å². The van der Waals surface area contributed by atoms with Gasteiger partial charge >= 0.3 is 11.9 Å². The number of esters is 2. The van der Waals surface area contributed by atoms with Gasteiger partial charge in [-0.05, 0) is 25.1 Å². The number of β-amino-alcohol motifs (C(OH)–C–C–N with tert-alkyl or cyclic N) is 1. The van der Waals surface area contributed by atoms with E-state index < -0.39 is 17.8 Å². The monoisotopic (exact) mass is 399 g/mol. The summed E-state index contributed by atoms with van der Waals surface area (Å²) in [6.45, 7) is 1.90. The molecule has 9 heteroatoms. The molecule has 2 N–H and O–H groups in total. The Hall–Kier alpha value is -3.46. The van der Waals surface area contributed by atoms with Gasteiger partial charge in [0.05, 0.1) is 38.0 Å². The summed E-state index contributed by atoms with van der Waals surface area (Å²) in [5.41, 5.74) is 1.49. The van der Waals surface area contributed by atoms with Crippen molar-refractivity contribution < 1.29 is 29.0 Å². The number of aromatic nitrogens is 1. The van der Waals surface area contributed by atoms with Gasteiger partial charge in [-0.2, -0.15) is 0 Å². The molecule has 1 amide bonds. The van der Waals surface area contributed by atoms with E-state index >= 15 is 0 Å². The average Bonchev–Trinajstić information content (AvgIpc) is 3.03. The van der Waals surface area contributed by atoms with Gasteiger partial charge in [0.2, 0.25) is 0 Å². The van der Waals surface area contributed by atoms with E-state index in [9.17, 15) is 14.4 Å². The molecule has 0 saturated heterocycles. The number of nitrogens with one attached hydrogen (secondary N) is 1. The van der Waals surface area contributed by atoms with Crippen LogP contribution in [0.5, 0.6) is 0 Å². The first-order valence-corrected chi connectivity index (χ1v) is 9.05. The van der Waals surface area contributed by atoms with E-state index in [0.717, 1.165) is 5.39 Å². The van der Waals surface area contributed by atoms with Gasteiger partial charge in [0.15, 0.2) is 0 Å². The highest BCUT2D eigenvalue weighted by molar-refractivity contribution is 6.08. The number of nitrogens with zero attached hydrogens (tertiary/aromatic N) is 2. The van der Waals surface area contributed by atoms with Crippen molar-refractivity contribution in [2.75, 3.05) is 38.7 Å². The van der Waals surface area contributed by atoms with Gasteiger partial charge in [0, 0.05) is 17.6 Å². The Labute approximate surface area is 166 Å². The number of fused-ring (bicyclic) bond motifs is 1. The van der Waals surface area contributed by atoms with Crippen LogP contribution in [0.25, 0.3) is 10.9 Å². The molecule has 0 atom stereocenters. The first-order chi connectivity index (χ1) is 14.0. The second-order valence-corrected chi connectivity index (χ2v) is 6.24. The standard InChI is InChI=1S/C20H21N3O6/c1-3-29-20(27)15-7-5-12-4-6-13(10-16(12)22-15)21-17-14(19(26)28-2)11-23(8-9-24)18(17)25/h4-7,10,21,24H,3,8-9,11H2,1-2H3. The number of amides is 1.